The molecule has 278 valence electrons. The molecule has 0 fully saturated rings. The number of nitrogens with zero attached hydrogens (tertiary/aromatic N) is 4. The second kappa shape index (κ2) is 13.4. The van der Waals surface area contributed by atoms with Gasteiger partial charge >= 0.3 is 14.9 Å². The topological polar surface area (TPSA) is 47.1 Å². The van der Waals surface area contributed by atoms with E-state index in [2.05, 4.69) is 60.7 Å². The molecule has 0 bridgehead atoms. The summed E-state index contributed by atoms with van der Waals surface area (Å²) in [5.74, 6) is 0. The minimum absolute atomic E-state index is 0.686. The fourth-order valence-corrected chi connectivity index (χ4v) is 14.7. The molecule has 9 aromatic rings. The van der Waals surface area contributed by atoms with Crippen LogP contribution in [0.5, 0.6) is 0 Å². The van der Waals surface area contributed by atoms with Gasteiger partial charge in [-0.1, -0.05) is 133 Å². The van der Waals surface area contributed by atoms with Crippen molar-refractivity contribution in [3.8, 4) is 0 Å². The zero-order valence-corrected chi connectivity index (χ0v) is 33.1. The van der Waals surface area contributed by atoms with E-state index in [0.29, 0.717) is 22.0 Å². The Labute approximate surface area is 337 Å². The molecule has 2 aliphatic rings. The fraction of sp³-hybridized carbons (Fsp3) is 0. The Morgan fingerprint density at radius 3 is 0.914 bits per heavy atom. The summed E-state index contributed by atoms with van der Waals surface area (Å²) >= 11 is 0. The minimum atomic E-state index is -3.83. The highest BCUT2D eigenvalue weighted by atomic mass is 31.2. The summed E-state index contributed by atoms with van der Waals surface area (Å²) in [6, 6.07) is 72.7. The normalized spacial score (nSPS) is 18.5. The lowest BCUT2D eigenvalue weighted by Gasteiger charge is -2.35. The molecule has 2 heterocycles. The van der Waals surface area contributed by atoms with Gasteiger partial charge in [0.05, 0.1) is 33.4 Å². The standard InChI is InChI=1S/C50H36N4O2P2/c55-57(45-31-29-37-17-13-15-19-39(37)35-45)51(41-21-5-1-6-22-41)47-33-34-48-50(49(47)53(57)43-25-9-3-10-26-43)54(44-27-11-4-12-28-44)58(56,52(48)42-23-7-2-8-24-42)46-32-30-38-18-14-16-20-40(38)36-46/h1-36H. The molecule has 0 N–H and O–H groups in total. The van der Waals surface area contributed by atoms with Crippen molar-refractivity contribution < 1.29 is 9.13 Å². The first-order valence-electron chi connectivity index (χ1n) is 19.3. The Morgan fingerprint density at radius 1 is 0.276 bits per heavy atom. The first-order valence-corrected chi connectivity index (χ1v) is 22.6. The maximum Gasteiger partial charge on any atom is 0.301 e. The summed E-state index contributed by atoms with van der Waals surface area (Å²) in [4.78, 5) is 0. The number of para-hydroxylation sites is 4. The van der Waals surface area contributed by atoms with Crippen LogP contribution in [0.15, 0.2) is 218 Å². The number of anilines is 8. The van der Waals surface area contributed by atoms with Crippen LogP contribution in [0.1, 0.15) is 0 Å². The van der Waals surface area contributed by atoms with Crippen LogP contribution in [-0.2, 0) is 9.13 Å². The lowest BCUT2D eigenvalue weighted by molar-refractivity contribution is 0.581. The Bertz CT molecular complexity index is 2900. The maximum atomic E-state index is 17.1. The summed E-state index contributed by atoms with van der Waals surface area (Å²) in [6.45, 7) is 0. The van der Waals surface area contributed by atoms with Gasteiger partial charge in [0.25, 0.3) is 0 Å². The molecule has 11 rings (SSSR count). The van der Waals surface area contributed by atoms with E-state index < -0.39 is 14.9 Å². The van der Waals surface area contributed by atoms with Crippen molar-refractivity contribution in [1.82, 2.24) is 0 Å². The quantitative estimate of drug-likeness (QED) is 0.156. The molecule has 0 radical (unpaired) electrons. The van der Waals surface area contributed by atoms with Gasteiger partial charge in [-0.2, -0.15) is 0 Å². The van der Waals surface area contributed by atoms with Gasteiger partial charge in [0, 0.05) is 22.7 Å². The van der Waals surface area contributed by atoms with Gasteiger partial charge in [-0.25, -0.2) is 0 Å². The first-order chi connectivity index (χ1) is 28.5. The van der Waals surface area contributed by atoms with Crippen molar-refractivity contribution in [3.63, 3.8) is 0 Å². The average molecular weight is 787 g/mol. The van der Waals surface area contributed by atoms with E-state index in [4.69, 9.17) is 0 Å². The molecule has 6 nitrogen and oxygen atoms in total. The molecule has 0 aliphatic carbocycles. The largest absolute Gasteiger partial charge is 0.301 e. The summed E-state index contributed by atoms with van der Waals surface area (Å²) in [5, 5.41) is 5.51. The number of rotatable bonds is 6. The Balaban J connectivity index is 1.28. The number of fused-ring (bicyclic) bond motifs is 5. The zero-order valence-electron chi connectivity index (χ0n) is 31.3. The lowest BCUT2D eigenvalue weighted by Crippen LogP contribution is -2.28. The van der Waals surface area contributed by atoms with Crippen LogP contribution in [0.4, 0.5) is 45.5 Å². The molecular weight excluding hydrogens is 751 g/mol. The highest BCUT2D eigenvalue weighted by molar-refractivity contribution is 7.77. The van der Waals surface area contributed by atoms with Gasteiger partial charge in [0.1, 0.15) is 0 Å². The smallest absolute Gasteiger partial charge is 0.270 e. The van der Waals surface area contributed by atoms with Gasteiger partial charge in [-0.15, -0.1) is 0 Å². The summed E-state index contributed by atoms with van der Waals surface area (Å²) in [7, 11) is -7.66. The van der Waals surface area contributed by atoms with Crippen molar-refractivity contribution in [2.75, 3.05) is 18.7 Å². The highest BCUT2D eigenvalue weighted by Crippen LogP contribution is 2.78. The van der Waals surface area contributed by atoms with E-state index >= 15 is 9.13 Å². The first kappa shape index (κ1) is 34.4. The predicted molar refractivity (Wildman–Crippen MR) is 243 cm³/mol. The van der Waals surface area contributed by atoms with Crippen LogP contribution in [0.25, 0.3) is 21.5 Å². The van der Waals surface area contributed by atoms with Crippen LogP contribution in [0.3, 0.4) is 0 Å². The molecule has 9 aromatic carbocycles. The molecule has 58 heavy (non-hydrogen) atoms. The van der Waals surface area contributed by atoms with Crippen LogP contribution < -0.4 is 29.3 Å². The third kappa shape index (κ3) is 5.06. The maximum absolute atomic E-state index is 17.1. The molecule has 8 heteroatoms. The Kier molecular flexibility index (Phi) is 7.94. The molecular formula is C50H36N4O2P2. The van der Waals surface area contributed by atoms with E-state index in [1.165, 1.54) is 0 Å². The van der Waals surface area contributed by atoms with E-state index in [1.54, 1.807) is 0 Å². The Morgan fingerprint density at radius 2 is 0.569 bits per heavy atom. The highest BCUT2D eigenvalue weighted by Gasteiger charge is 2.57. The zero-order chi connectivity index (χ0) is 38.8. The van der Waals surface area contributed by atoms with E-state index in [1.807, 2.05) is 176 Å². The predicted octanol–water partition coefficient (Wildman–Crippen LogP) is 13.6. The summed E-state index contributed by atoms with van der Waals surface area (Å²) < 4.78 is 42.3. The lowest BCUT2D eigenvalue weighted by atomic mass is 10.1. The molecule has 0 saturated carbocycles. The van der Waals surface area contributed by atoms with E-state index in [0.717, 1.165) is 55.7 Å². The number of hydrogen-bond acceptors (Lipinski definition) is 2. The second-order valence-electron chi connectivity index (χ2n) is 14.5. The van der Waals surface area contributed by atoms with Crippen molar-refractivity contribution in [2.45, 2.75) is 0 Å². The third-order valence-electron chi connectivity index (χ3n) is 11.2. The molecule has 0 spiro atoms. The molecule has 2 aliphatic heterocycles. The van der Waals surface area contributed by atoms with Crippen LogP contribution in [0.2, 0.25) is 0 Å². The van der Waals surface area contributed by atoms with Crippen LogP contribution in [-0.4, -0.2) is 0 Å². The molecule has 2 unspecified atom stereocenters. The molecule has 0 aromatic heterocycles. The summed E-state index contributed by atoms with van der Waals surface area (Å²) in [6.07, 6.45) is 0. The van der Waals surface area contributed by atoms with Gasteiger partial charge in [0.15, 0.2) is 0 Å². The van der Waals surface area contributed by atoms with Gasteiger partial charge in [0.2, 0.25) is 0 Å². The summed E-state index contributed by atoms with van der Waals surface area (Å²) in [5.41, 5.74) is 6.05. The van der Waals surface area contributed by atoms with Crippen molar-refractivity contribution >= 4 is 92.5 Å². The second-order valence-corrected chi connectivity index (χ2v) is 19.4. The van der Waals surface area contributed by atoms with Crippen molar-refractivity contribution in [3.05, 3.63) is 218 Å². The van der Waals surface area contributed by atoms with Crippen LogP contribution in [0, 0.1) is 0 Å². The van der Waals surface area contributed by atoms with E-state index in [-0.39, 0.29) is 0 Å². The monoisotopic (exact) mass is 786 g/mol. The number of benzene rings is 9. The molecule has 2 atom stereocenters. The van der Waals surface area contributed by atoms with Gasteiger partial charge < -0.3 is 0 Å². The Hall–Kier alpha value is -6.84. The van der Waals surface area contributed by atoms with Crippen LogP contribution >= 0.6 is 14.9 Å². The molecule has 0 saturated heterocycles. The van der Waals surface area contributed by atoms with Gasteiger partial charge in [-0.3, -0.25) is 27.8 Å². The minimum Gasteiger partial charge on any atom is -0.270 e. The third-order valence-corrected chi connectivity index (χ3v) is 17.0. The average Bonchev–Trinajstić information content (AvgIpc) is 3.73. The number of hydrogen-bond donors (Lipinski definition) is 0. The SMILES string of the molecule is O=P1(c2ccc3ccccc3c2)N(c2ccccc2)c2ccc3c(c2N1c1ccccc1)N(c1ccccc1)P(=O)(c1ccc2ccccc2c1)N3c1ccccc1. The van der Waals surface area contributed by atoms with Crippen molar-refractivity contribution in [2.24, 2.45) is 0 Å². The fourth-order valence-electron chi connectivity index (χ4n) is 8.68. The van der Waals surface area contributed by atoms with Gasteiger partial charge in [-0.05, 0) is 106 Å². The van der Waals surface area contributed by atoms with Crippen molar-refractivity contribution in [1.29, 1.82) is 0 Å². The molecule has 0 amide bonds. The van der Waals surface area contributed by atoms with E-state index in [9.17, 15) is 0 Å².